The van der Waals surface area contributed by atoms with E-state index in [2.05, 4.69) is 6.07 Å². The van der Waals surface area contributed by atoms with Gasteiger partial charge in [-0.25, -0.2) is 0 Å². The van der Waals surface area contributed by atoms with Crippen molar-refractivity contribution in [3.63, 3.8) is 0 Å². The first-order valence-electron chi connectivity index (χ1n) is 8.84. The summed E-state index contributed by atoms with van der Waals surface area (Å²) < 4.78 is 0. The minimum absolute atomic E-state index is 0.103. The summed E-state index contributed by atoms with van der Waals surface area (Å²) in [7, 11) is 1.76. The number of rotatable bonds is 5. The van der Waals surface area contributed by atoms with Crippen LogP contribution < -0.4 is 0 Å². The number of nitriles is 1. The number of halogens is 1. The predicted octanol–water partition coefficient (Wildman–Crippen LogP) is 5.41. The molecule has 0 saturated carbocycles. The molecule has 0 atom stereocenters. The lowest BCUT2D eigenvalue weighted by Crippen LogP contribution is -2.27. The fraction of sp³-hybridized carbons (Fsp3) is 0.0833. The third-order valence-electron chi connectivity index (χ3n) is 4.32. The van der Waals surface area contributed by atoms with Crippen molar-refractivity contribution in [2.24, 2.45) is 0 Å². The van der Waals surface area contributed by atoms with Gasteiger partial charge in [0.05, 0.1) is 11.6 Å². The van der Waals surface area contributed by atoms with Gasteiger partial charge in [-0.2, -0.15) is 5.26 Å². The summed E-state index contributed by atoms with van der Waals surface area (Å²) >= 11 is 6.01. The quantitative estimate of drug-likeness (QED) is 0.434. The number of benzene rings is 3. The highest BCUT2D eigenvalue weighted by atomic mass is 35.5. The summed E-state index contributed by atoms with van der Waals surface area (Å²) in [6.07, 6.45) is 1.88. The zero-order chi connectivity index (χ0) is 19.9. The summed E-state index contributed by atoms with van der Waals surface area (Å²) in [6.45, 7) is 0.411. The lowest BCUT2D eigenvalue weighted by molar-refractivity contribution is -0.124. The van der Waals surface area contributed by atoms with Crippen molar-refractivity contribution in [1.82, 2.24) is 4.90 Å². The van der Waals surface area contributed by atoms with Gasteiger partial charge in [0, 0.05) is 24.2 Å². The molecular weight excluding hydrogens is 368 g/mol. The van der Waals surface area contributed by atoms with Crippen LogP contribution in [-0.4, -0.2) is 17.9 Å². The third-order valence-corrected chi connectivity index (χ3v) is 4.57. The Labute approximate surface area is 170 Å². The minimum atomic E-state index is -0.103. The van der Waals surface area contributed by atoms with Crippen LogP contribution in [0.25, 0.3) is 11.6 Å². The van der Waals surface area contributed by atoms with Crippen LogP contribution in [0, 0.1) is 11.3 Å². The van der Waals surface area contributed by atoms with Gasteiger partial charge in [-0.1, -0.05) is 66.2 Å². The van der Waals surface area contributed by atoms with Crippen LogP contribution >= 0.6 is 11.6 Å². The maximum atomic E-state index is 13.3. The normalized spacial score (nSPS) is 11.0. The molecule has 28 heavy (non-hydrogen) atoms. The number of hydrogen-bond donors (Lipinski definition) is 0. The number of carbonyl (C=O) groups is 1. The summed E-state index contributed by atoms with van der Waals surface area (Å²) in [5.41, 5.74) is 3.82. The topological polar surface area (TPSA) is 44.1 Å². The van der Waals surface area contributed by atoms with Crippen molar-refractivity contribution < 1.29 is 4.79 Å². The van der Waals surface area contributed by atoms with Crippen LogP contribution in [0.1, 0.15) is 22.3 Å². The number of nitrogens with zero attached hydrogens (tertiary/aromatic N) is 2. The van der Waals surface area contributed by atoms with Crippen molar-refractivity contribution in [2.75, 3.05) is 7.05 Å². The van der Waals surface area contributed by atoms with Gasteiger partial charge in [0.1, 0.15) is 0 Å². The number of likely N-dealkylation sites (N-methyl/N-ethyl adjacent to an activating group) is 1. The highest BCUT2D eigenvalue weighted by molar-refractivity contribution is 6.31. The molecule has 1 amide bonds. The lowest BCUT2D eigenvalue weighted by Gasteiger charge is -2.20. The van der Waals surface area contributed by atoms with Crippen LogP contribution in [0.4, 0.5) is 0 Å². The molecule has 0 aliphatic rings. The van der Waals surface area contributed by atoms with Gasteiger partial charge in [0.2, 0.25) is 0 Å². The van der Waals surface area contributed by atoms with Crippen LogP contribution in [0.5, 0.6) is 0 Å². The molecule has 0 aliphatic heterocycles. The standard InChI is InChI=1S/C24H19ClN2O/c1-27(17-20-9-5-8-19(14-20)16-26)24(28)23(15-18-6-3-2-4-7-18)21-10-12-22(25)13-11-21/h2-15H,17H2,1H3/b23-15+. The molecule has 3 aromatic carbocycles. The molecule has 0 saturated heterocycles. The summed E-state index contributed by atoms with van der Waals surface area (Å²) in [5.74, 6) is -0.103. The molecule has 3 aromatic rings. The minimum Gasteiger partial charge on any atom is -0.337 e. The molecular formula is C24H19ClN2O. The predicted molar refractivity (Wildman–Crippen MR) is 113 cm³/mol. The molecule has 0 bridgehead atoms. The Kier molecular flexibility index (Phi) is 6.26. The smallest absolute Gasteiger partial charge is 0.254 e. The molecule has 3 rings (SSSR count). The van der Waals surface area contributed by atoms with Gasteiger partial charge in [0.25, 0.3) is 5.91 Å². The van der Waals surface area contributed by atoms with Crippen LogP contribution in [-0.2, 0) is 11.3 Å². The molecule has 3 nitrogen and oxygen atoms in total. The Morgan fingerprint density at radius 2 is 1.75 bits per heavy atom. The molecule has 0 aromatic heterocycles. The molecule has 0 heterocycles. The van der Waals surface area contributed by atoms with E-state index in [1.54, 1.807) is 36.2 Å². The Balaban J connectivity index is 1.92. The van der Waals surface area contributed by atoms with E-state index in [9.17, 15) is 4.79 Å². The molecule has 0 radical (unpaired) electrons. The van der Waals surface area contributed by atoms with Gasteiger partial charge in [-0.15, -0.1) is 0 Å². The molecule has 0 N–H and O–H groups in total. The maximum absolute atomic E-state index is 13.3. The Hall–Kier alpha value is -3.35. The average molecular weight is 387 g/mol. The van der Waals surface area contributed by atoms with Gasteiger partial charge in [-0.05, 0) is 47.0 Å². The van der Waals surface area contributed by atoms with Crippen molar-refractivity contribution in [1.29, 1.82) is 5.26 Å². The second kappa shape index (κ2) is 9.03. The molecule has 0 fully saturated rings. The van der Waals surface area contributed by atoms with Gasteiger partial charge in [0.15, 0.2) is 0 Å². The lowest BCUT2D eigenvalue weighted by atomic mass is 10.0. The van der Waals surface area contributed by atoms with E-state index >= 15 is 0 Å². The summed E-state index contributed by atoms with van der Waals surface area (Å²) in [4.78, 5) is 14.9. The number of hydrogen-bond acceptors (Lipinski definition) is 2. The molecule has 0 unspecified atom stereocenters. The monoisotopic (exact) mass is 386 g/mol. The third kappa shape index (κ3) is 4.88. The zero-order valence-electron chi connectivity index (χ0n) is 15.5. The first kappa shape index (κ1) is 19.4. The van der Waals surface area contributed by atoms with E-state index in [4.69, 9.17) is 16.9 Å². The van der Waals surface area contributed by atoms with E-state index in [-0.39, 0.29) is 5.91 Å². The van der Waals surface area contributed by atoms with Gasteiger partial charge >= 0.3 is 0 Å². The number of carbonyl (C=O) groups excluding carboxylic acids is 1. The van der Waals surface area contributed by atoms with Crippen molar-refractivity contribution in [3.05, 3.63) is 106 Å². The highest BCUT2D eigenvalue weighted by Crippen LogP contribution is 2.23. The fourth-order valence-corrected chi connectivity index (χ4v) is 3.03. The van der Waals surface area contributed by atoms with E-state index in [0.29, 0.717) is 22.7 Å². The van der Waals surface area contributed by atoms with Crippen molar-refractivity contribution in [3.8, 4) is 6.07 Å². The van der Waals surface area contributed by atoms with Crippen molar-refractivity contribution >= 4 is 29.2 Å². The fourth-order valence-electron chi connectivity index (χ4n) is 2.90. The van der Waals surface area contributed by atoms with Gasteiger partial charge < -0.3 is 4.90 Å². The van der Waals surface area contributed by atoms with Crippen LogP contribution in [0.15, 0.2) is 78.9 Å². The Morgan fingerprint density at radius 1 is 1.04 bits per heavy atom. The van der Waals surface area contributed by atoms with E-state index in [1.165, 1.54) is 0 Å². The molecule has 138 valence electrons. The summed E-state index contributed by atoms with van der Waals surface area (Å²) in [6, 6.07) is 26.4. The second-order valence-corrected chi connectivity index (χ2v) is 6.89. The first-order chi connectivity index (χ1) is 13.6. The average Bonchev–Trinajstić information content (AvgIpc) is 2.73. The number of amides is 1. The molecule has 4 heteroatoms. The van der Waals surface area contributed by atoms with Gasteiger partial charge in [-0.3, -0.25) is 4.79 Å². The van der Waals surface area contributed by atoms with Crippen LogP contribution in [0.2, 0.25) is 5.02 Å². The molecule has 0 spiro atoms. The van der Waals surface area contributed by atoms with E-state index < -0.39 is 0 Å². The highest BCUT2D eigenvalue weighted by Gasteiger charge is 2.17. The molecule has 0 aliphatic carbocycles. The van der Waals surface area contributed by atoms with E-state index in [1.807, 2.05) is 60.7 Å². The second-order valence-electron chi connectivity index (χ2n) is 6.45. The zero-order valence-corrected chi connectivity index (χ0v) is 16.2. The Morgan fingerprint density at radius 3 is 2.43 bits per heavy atom. The largest absolute Gasteiger partial charge is 0.337 e. The summed E-state index contributed by atoms with van der Waals surface area (Å²) in [5, 5.41) is 9.70. The maximum Gasteiger partial charge on any atom is 0.254 e. The Bertz CT molecular complexity index is 1030. The van der Waals surface area contributed by atoms with E-state index in [0.717, 1.165) is 16.7 Å². The van der Waals surface area contributed by atoms with Crippen LogP contribution in [0.3, 0.4) is 0 Å². The SMILES string of the molecule is CN(Cc1cccc(C#N)c1)C(=O)/C(=C/c1ccccc1)c1ccc(Cl)cc1. The first-order valence-corrected chi connectivity index (χ1v) is 9.22. The van der Waals surface area contributed by atoms with Crippen molar-refractivity contribution in [2.45, 2.75) is 6.54 Å².